The molecule has 1 unspecified atom stereocenters. The predicted molar refractivity (Wildman–Crippen MR) is 135 cm³/mol. The van der Waals surface area contributed by atoms with Crippen molar-refractivity contribution in [3.63, 3.8) is 0 Å². The van der Waals surface area contributed by atoms with Gasteiger partial charge in [0.15, 0.2) is 0 Å². The maximum Gasteiger partial charge on any atom is 0.220 e. The number of amides is 1. The Bertz CT molecular complexity index is 778. The molecule has 0 saturated heterocycles. The Kier molecular flexibility index (Phi) is 13.4. The number of unbranched alkanes of at least 4 members (excludes halogenated alkanes) is 2. The number of hydrogen-bond donors (Lipinski definition) is 5. The summed E-state index contributed by atoms with van der Waals surface area (Å²) in [5.74, 6) is 0.0668. The number of aryl methyl sites for hydroxylation is 2. The summed E-state index contributed by atoms with van der Waals surface area (Å²) in [4.78, 5) is 12.1. The normalized spacial score (nSPS) is 12.0. The summed E-state index contributed by atoms with van der Waals surface area (Å²) in [6.45, 7) is 2.77. The molecule has 182 valence electrons. The zero-order valence-electron chi connectivity index (χ0n) is 19.8. The molecule has 0 bridgehead atoms. The van der Waals surface area contributed by atoms with Crippen LogP contribution in [-0.2, 0) is 17.6 Å². The highest BCUT2D eigenvalue weighted by molar-refractivity contribution is 5.76. The molecule has 2 rings (SSSR count). The number of hydrogen-bond acceptors (Lipinski definition) is 5. The van der Waals surface area contributed by atoms with Crippen LogP contribution in [0.4, 0.5) is 0 Å². The molecular weight excluding hydrogens is 414 g/mol. The second kappa shape index (κ2) is 16.4. The second-order valence-electron chi connectivity index (χ2n) is 8.57. The SMILES string of the molecule is NCCCCc1ccc(-c2ccc(CCC(=O)NCCNCCCCC(O)CO)cc2)cc1. The van der Waals surface area contributed by atoms with Gasteiger partial charge in [-0.3, -0.25) is 4.79 Å². The highest BCUT2D eigenvalue weighted by atomic mass is 16.3. The average molecular weight is 456 g/mol. The quantitative estimate of drug-likeness (QED) is 0.236. The van der Waals surface area contributed by atoms with Crippen molar-refractivity contribution >= 4 is 5.91 Å². The molecule has 6 heteroatoms. The summed E-state index contributed by atoms with van der Waals surface area (Å²) in [5, 5.41) is 24.3. The standard InChI is InChI=1S/C27H41N3O3/c28-17-3-1-5-22-7-12-24(13-8-22)25-14-9-23(10-15-25)11-16-27(33)30-20-19-29-18-4-2-6-26(32)21-31/h7-10,12-15,26,29,31-32H,1-6,11,16-21,28H2,(H,30,33). The van der Waals surface area contributed by atoms with Gasteiger partial charge in [-0.1, -0.05) is 48.5 Å². The highest BCUT2D eigenvalue weighted by Gasteiger charge is 2.04. The van der Waals surface area contributed by atoms with E-state index in [0.29, 0.717) is 19.4 Å². The van der Waals surface area contributed by atoms with E-state index in [4.69, 9.17) is 10.8 Å². The Balaban J connectivity index is 1.60. The largest absolute Gasteiger partial charge is 0.394 e. The molecule has 0 aliphatic carbocycles. The van der Waals surface area contributed by atoms with Crippen LogP contribution in [0.3, 0.4) is 0 Å². The molecule has 2 aromatic carbocycles. The number of benzene rings is 2. The Morgan fingerprint density at radius 3 is 2.06 bits per heavy atom. The number of carbonyl (C=O) groups is 1. The summed E-state index contributed by atoms with van der Waals surface area (Å²) in [5.41, 5.74) is 10.5. The lowest BCUT2D eigenvalue weighted by Crippen LogP contribution is -2.32. The van der Waals surface area contributed by atoms with Crippen molar-refractivity contribution in [1.29, 1.82) is 0 Å². The molecule has 1 amide bonds. The fourth-order valence-corrected chi connectivity index (χ4v) is 3.68. The Labute approximate surface area is 198 Å². The first-order chi connectivity index (χ1) is 16.1. The first-order valence-electron chi connectivity index (χ1n) is 12.3. The third-order valence-electron chi connectivity index (χ3n) is 5.78. The second-order valence-corrected chi connectivity index (χ2v) is 8.57. The van der Waals surface area contributed by atoms with Gasteiger partial charge in [0.25, 0.3) is 0 Å². The van der Waals surface area contributed by atoms with E-state index in [1.54, 1.807) is 0 Å². The monoisotopic (exact) mass is 455 g/mol. The van der Waals surface area contributed by atoms with Gasteiger partial charge in [0.2, 0.25) is 5.91 Å². The minimum Gasteiger partial charge on any atom is -0.394 e. The molecular formula is C27H41N3O3. The van der Waals surface area contributed by atoms with Crippen LogP contribution < -0.4 is 16.4 Å². The van der Waals surface area contributed by atoms with Gasteiger partial charge in [0.05, 0.1) is 12.7 Å². The van der Waals surface area contributed by atoms with Crippen molar-refractivity contribution in [3.05, 3.63) is 59.7 Å². The van der Waals surface area contributed by atoms with Gasteiger partial charge in [-0.25, -0.2) is 0 Å². The molecule has 0 aromatic heterocycles. The van der Waals surface area contributed by atoms with E-state index in [1.807, 2.05) is 0 Å². The minimum atomic E-state index is -0.608. The lowest BCUT2D eigenvalue weighted by Gasteiger charge is -2.09. The van der Waals surface area contributed by atoms with Crippen LogP contribution in [-0.4, -0.2) is 55.0 Å². The van der Waals surface area contributed by atoms with Gasteiger partial charge < -0.3 is 26.6 Å². The van der Waals surface area contributed by atoms with Crippen molar-refractivity contribution in [2.45, 2.75) is 57.5 Å². The molecule has 0 spiro atoms. The fraction of sp³-hybridized carbons (Fsp3) is 0.519. The van der Waals surface area contributed by atoms with Gasteiger partial charge in [-0.15, -0.1) is 0 Å². The van der Waals surface area contributed by atoms with Gasteiger partial charge in [0.1, 0.15) is 0 Å². The zero-order valence-corrected chi connectivity index (χ0v) is 19.8. The number of carbonyl (C=O) groups excluding carboxylic acids is 1. The van der Waals surface area contributed by atoms with Crippen molar-refractivity contribution in [1.82, 2.24) is 10.6 Å². The zero-order chi connectivity index (χ0) is 23.7. The molecule has 6 nitrogen and oxygen atoms in total. The summed E-state index contributed by atoms with van der Waals surface area (Å²) >= 11 is 0. The van der Waals surface area contributed by atoms with Crippen molar-refractivity contribution in [3.8, 4) is 11.1 Å². The molecule has 0 aliphatic heterocycles. The lowest BCUT2D eigenvalue weighted by atomic mass is 9.99. The molecule has 33 heavy (non-hydrogen) atoms. The first-order valence-corrected chi connectivity index (χ1v) is 12.3. The first kappa shape index (κ1) is 27.0. The summed E-state index contributed by atoms with van der Waals surface area (Å²) in [7, 11) is 0. The maximum atomic E-state index is 12.1. The van der Waals surface area contributed by atoms with Crippen LogP contribution in [0, 0.1) is 0 Å². The average Bonchev–Trinajstić information content (AvgIpc) is 2.85. The molecule has 1 atom stereocenters. The molecule has 0 heterocycles. The van der Waals surface area contributed by atoms with Gasteiger partial charge in [-0.2, -0.15) is 0 Å². The number of rotatable bonds is 17. The number of aliphatic hydroxyl groups is 2. The van der Waals surface area contributed by atoms with E-state index in [2.05, 4.69) is 59.2 Å². The fourth-order valence-electron chi connectivity index (χ4n) is 3.68. The van der Waals surface area contributed by atoms with E-state index in [-0.39, 0.29) is 12.5 Å². The maximum absolute atomic E-state index is 12.1. The van der Waals surface area contributed by atoms with Crippen LogP contribution in [0.2, 0.25) is 0 Å². The van der Waals surface area contributed by atoms with E-state index in [9.17, 15) is 9.90 Å². The van der Waals surface area contributed by atoms with Crippen LogP contribution in [0.15, 0.2) is 48.5 Å². The van der Waals surface area contributed by atoms with Crippen LogP contribution in [0.1, 0.15) is 49.7 Å². The molecule has 0 fully saturated rings. The van der Waals surface area contributed by atoms with Gasteiger partial charge >= 0.3 is 0 Å². The Morgan fingerprint density at radius 1 is 0.818 bits per heavy atom. The van der Waals surface area contributed by atoms with Crippen LogP contribution >= 0.6 is 0 Å². The molecule has 0 aliphatic rings. The summed E-state index contributed by atoms with van der Waals surface area (Å²) in [6.07, 6.45) is 6.32. The van der Waals surface area contributed by atoms with Gasteiger partial charge in [0, 0.05) is 19.5 Å². The van der Waals surface area contributed by atoms with E-state index < -0.39 is 6.10 Å². The highest BCUT2D eigenvalue weighted by Crippen LogP contribution is 2.21. The number of nitrogens with one attached hydrogen (secondary N) is 2. The van der Waals surface area contributed by atoms with Crippen molar-refractivity contribution in [2.75, 3.05) is 32.8 Å². The van der Waals surface area contributed by atoms with Crippen LogP contribution in [0.5, 0.6) is 0 Å². The van der Waals surface area contributed by atoms with Crippen LogP contribution in [0.25, 0.3) is 11.1 Å². The third kappa shape index (κ3) is 11.4. The van der Waals surface area contributed by atoms with E-state index in [0.717, 1.165) is 63.7 Å². The third-order valence-corrected chi connectivity index (χ3v) is 5.78. The van der Waals surface area contributed by atoms with E-state index in [1.165, 1.54) is 16.7 Å². The van der Waals surface area contributed by atoms with Gasteiger partial charge in [-0.05, 0) is 80.3 Å². The minimum absolute atomic E-state index is 0.0668. The molecule has 0 saturated carbocycles. The topological polar surface area (TPSA) is 108 Å². The molecule has 6 N–H and O–H groups in total. The Hall–Kier alpha value is -2.25. The number of nitrogens with two attached hydrogens (primary N) is 1. The molecule has 2 aromatic rings. The number of aliphatic hydroxyl groups excluding tert-OH is 2. The summed E-state index contributed by atoms with van der Waals surface area (Å²) < 4.78 is 0. The van der Waals surface area contributed by atoms with E-state index >= 15 is 0 Å². The van der Waals surface area contributed by atoms with Crippen molar-refractivity contribution in [2.24, 2.45) is 5.73 Å². The Morgan fingerprint density at radius 2 is 1.45 bits per heavy atom. The molecule has 0 radical (unpaired) electrons. The smallest absolute Gasteiger partial charge is 0.220 e. The summed E-state index contributed by atoms with van der Waals surface area (Å²) in [6, 6.07) is 17.2. The van der Waals surface area contributed by atoms with Crippen molar-refractivity contribution < 1.29 is 15.0 Å². The predicted octanol–water partition coefficient (Wildman–Crippen LogP) is 2.80. The lowest BCUT2D eigenvalue weighted by molar-refractivity contribution is -0.121.